The fourth-order valence-electron chi connectivity index (χ4n) is 1.01. The van der Waals surface area contributed by atoms with Gasteiger partial charge in [0.2, 0.25) is 0 Å². The molecule has 0 saturated heterocycles. The van der Waals surface area contributed by atoms with Crippen LogP contribution in [0.4, 0.5) is 0 Å². The number of rotatable bonds is 5. The predicted molar refractivity (Wildman–Crippen MR) is 48.1 cm³/mol. The van der Waals surface area contributed by atoms with Gasteiger partial charge in [0.05, 0.1) is 8.07 Å². The largest absolute Gasteiger partial charge is 0.303 e. The fraction of sp³-hybridized carbons (Fsp3) is 0.875. The van der Waals surface area contributed by atoms with E-state index in [1.54, 1.807) is 0 Å². The molecule has 0 N–H and O–H groups in total. The van der Waals surface area contributed by atoms with E-state index in [0.29, 0.717) is 0 Å². The Kier molecular flexibility index (Phi) is 4.61. The van der Waals surface area contributed by atoms with E-state index >= 15 is 0 Å². The second kappa shape index (κ2) is 4.66. The summed E-state index contributed by atoms with van der Waals surface area (Å²) < 4.78 is 0. The smallest absolute Gasteiger partial charge is 0.119 e. The zero-order valence-electron chi connectivity index (χ0n) is 7.31. The molecular formula is C8H18OSi. The molecular weight excluding hydrogens is 140 g/mol. The Hall–Kier alpha value is -0.113. The van der Waals surface area contributed by atoms with Crippen molar-refractivity contribution in [2.24, 2.45) is 0 Å². The first-order chi connectivity index (χ1) is 4.68. The number of carbonyl (C=O) groups is 1. The Balaban J connectivity index is 3.68. The third kappa shape index (κ3) is 3.16. The van der Waals surface area contributed by atoms with Gasteiger partial charge in [-0.1, -0.05) is 38.5 Å². The summed E-state index contributed by atoms with van der Waals surface area (Å²) in [5, 5.41) is 0. The molecule has 0 aliphatic heterocycles. The molecule has 0 heterocycles. The highest BCUT2D eigenvalue weighted by atomic mass is 28.3. The van der Waals surface area contributed by atoms with Gasteiger partial charge in [-0.3, -0.25) is 0 Å². The number of hydrogen-bond donors (Lipinski definition) is 0. The number of hydrogen-bond acceptors (Lipinski definition) is 1. The summed E-state index contributed by atoms with van der Waals surface area (Å²) in [6.07, 6.45) is 1.83. The first-order valence-electron chi connectivity index (χ1n) is 4.12. The van der Waals surface area contributed by atoms with Gasteiger partial charge >= 0.3 is 0 Å². The molecule has 0 aromatic carbocycles. The molecule has 0 aliphatic carbocycles. The lowest BCUT2D eigenvalue weighted by Gasteiger charge is -2.22. The third-order valence-electron chi connectivity index (χ3n) is 2.57. The summed E-state index contributed by atoms with van der Waals surface area (Å²) in [5.41, 5.74) is 0. The maximum absolute atomic E-state index is 10.1. The summed E-state index contributed by atoms with van der Waals surface area (Å²) in [5.74, 6) is 0. The van der Waals surface area contributed by atoms with Crippen LogP contribution in [0.2, 0.25) is 24.7 Å². The van der Waals surface area contributed by atoms with Crippen LogP contribution >= 0.6 is 0 Å². The standard InChI is InChI=1S/C8H18OSi/c1-4-10(3,5-2)8-6-7-9/h7H,4-6,8H2,1-3H3. The monoisotopic (exact) mass is 158 g/mol. The van der Waals surface area contributed by atoms with Crippen molar-refractivity contribution in [2.45, 2.75) is 44.9 Å². The van der Waals surface area contributed by atoms with E-state index in [1.165, 1.54) is 18.1 Å². The first-order valence-corrected chi connectivity index (χ1v) is 7.24. The average Bonchev–Trinajstić information content (AvgIpc) is 2.00. The summed E-state index contributed by atoms with van der Waals surface area (Å²) in [6.45, 7) is 6.89. The van der Waals surface area contributed by atoms with Crippen LogP contribution in [-0.4, -0.2) is 14.4 Å². The minimum atomic E-state index is -0.950. The Bertz CT molecular complexity index is 97.4. The molecule has 0 aromatic heterocycles. The van der Waals surface area contributed by atoms with Gasteiger partial charge in [-0.25, -0.2) is 0 Å². The number of carbonyl (C=O) groups excluding carboxylic acids is 1. The highest BCUT2D eigenvalue weighted by Gasteiger charge is 2.20. The molecule has 0 fully saturated rings. The molecule has 2 heteroatoms. The normalized spacial score (nSPS) is 11.5. The van der Waals surface area contributed by atoms with Crippen molar-refractivity contribution in [3.05, 3.63) is 0 Å². The molecule has 0 unspecified atom stereocenters. The molecule has 60 valence electrons. The van der Waals surface area contributed by atoms with E-state index in [2.05, 4.69) is 20.4 Å². The van der Waals surface area contributed by atoms with E-state index in [1.807, 2.05) is 0 Å². The van der Waals surface area contributed by atoms with Crippen LogP contribution in [-0.2, 0) is 4.79 Å². The predicted octanol–water partition coefficient (Wildman–Crippen LogP) is 2.69. The molecule has 0 saturated carbocycles. The maximum Gasteiger partial charge on any atom is 0.119 e. The summed E-state index contributed by atoms with van der Waals surface area (Å²) in [6, 6.07) is 3.82. The zero-order valence-corrected chi connectivity index (χ0v) is 8.31. The molecule has 0 bridgehead atoms. The van der Waals surface area contributed by atoms with Crippen LogP contribution in [0.5, 0.6) is 0 Å². The van der Waals surface area contributed by atoms with E-state index < -0.39 is 8.07 Å². The van der Waals surface area contributed by atoms with Crippen LogP contribution < -0.4 is 0 Å². The van der Waals surface area contributed by atoms with Gasteiger partial charge in [-0.2, -0.15) is 0 Å². The van der Waals surface area contributed by atoms with E-state index in [9.17, 15) is 4.79 Å². The van der Waals surface area contributed by atoms with E-state index in [4.69, 9.17) is 0 Å². The van der Waals surface area contributed by atoms with Crippen LogP contribution in [0.25, 0.3) is 0 Å². The summed E-state index contributed by atoms with van der Waals surface area (Å²) in [7, 11) is -0.950. The van der Waals surface area contributed by atoms with Gasteiger partial charge in [-0.05, 0) is 0 Å². The summed E-state index contributed by atoms with van der Waals surface area (Å²) in [4.78, 5) is 10.1. The first kappa shape index (κ1) is 9.89. The Labute approximate surface area is 64.8 Å². The highest BCUT2D eigenvalue weighted by molar-refractivity contribution is 6.78. The van der Waals surface area contributed by atoms with E-state index in [-0.39, 0.29) is 0 Å². The van der Waals surface area contributed by atoms with Gasteiger partial charge in [-0.15, -0.1) is 0 Å². The molecule has 0 rings (SSSR count). The van der Waals surface area contributed by atoms with Crippen molar-refractivity contribution in [3.8, 4) is 0 Å². The maximum atomic E-state index is 10.1. The van der Waals surface area contributed by atoms with E-state index in [0.717, 1.165) is 12.7 Å². The van der Waals surface area contributed by atoms with Gasteiger partial charge < -0.3 is 4.79 Å². The lowest BCUT2D eigenvalue weighted by atomic mass is 10.6. The average molecular weight is 158 g/mol. The Morgan fingerprint density at radius 3 is 2.10 bits per heavy atom. The minimum Gasteiger partial charge on any atom is -0.303 e. The van der Waals surface area contributed by atoms with Crippen molar-refractivity contribution >= 4 is 14.4 Å². The molecule has 0 amide bonds. The minimum absolute atomic E-state index is 0.782. The van der Waals surface area contributed by atoms with Crippen molar-refractivity contribution in [1.29, 1.82) is 0 Å². The fourth-order valence-corrected chi connectivity index (χ4v) is 3.03. The second-order valence-corrected chi connectivity index (χ2v) is 8.76. The van der Waals surface area contributed by atoms with Crippen LogP contribution in [0.3, 0.4) is 0 Å². The highest BCUT2D eigenvalue weighted by Crippen LogP contribution is 2.20. The Morgan fingerprint density at radius 2 is 1.80 bits per heavy atom. The molecule has 1 nitrogen and oxygen atoms in total. The van der Waals surface area contributed by atoms with Gasteiger partial charge in [0.25, 0.3) is 0 Å². The molecule has 0 radical (unpaired) electrons. The molecule has 0 spiro atoms. The molecule has 0 aliphatic rings. The summed E-state index contributed by atoms with van der Waals surface area (Å²) >= 11 is 0. The lowest BCUT2D eigenvalue weighted by Crippen LogP contribution is -2.27. The van der Waals surface area contributed by atoms with Gasteiger partial charge in [0.15, 0.2) is 0 Å². The molecule has 10 heavy (non-hydrogen) atoms. The van der Waals surface area contributed by atoms with Crippen molar-refractivity contribution in [1.82, 2.24) is 0 Å². The van der Waals surface area contributed by atoms with Crippen LogP contribution in [0.15, 0.2) is 0 Å². The second-order valence-electron chi connectivity index (χ2n) is 3.22. The topological polar surface area (TPSA) is 17.1 Å². The quantitative estimate of drug-likeness (QED) is 0.444. The van der Waals surface area contributed by atoms with Crippen LogP contribution in [0, 0.1) is 0 Å². The van der Waals surface area contributed by atoms with Crippen molar-refractivity contribution in [3.63, 3.8) is 0 Å². The number of aldehydes is 1. The molecule has 0 atom stereocenters. The Morgan fingerprint density at radius 1 is 1.30 bits per heavy atom. The SMILES string of the molecule is CC[Si](C)(CC)CCC=O. The lowest BCUT2D eigenvalue weighted by molar-refractivity contribution is -0.107. The van der Waals surface area contributed by atoms with Crippen molar-refractivity contribution in [2.75, 3.05) is 0 Å². The zero-order chi connectivity index (χ0) is 8.04. The molecule has 0 aromatic rings. The third-order valence-corrected chi connectivity index (χ3v) is 7.48. The van der Waals surface area contributed by atoms with Gasteiger partial charge in [0, 0.05) is 6.42 Å². The van der Waals surface area contributed by atoms with Crippen LogP contribution in [0.1, 0.15) is 20.3 Å². The van der Waals surface area contributed by atoms with Crippen molar-refractivity contribution < 1.29 is 4.79 Å². The van der Waals surface area contributed by atoms with Gasteiger partial charge in [0.1, 0.15) is 6.29 Å².